The maximum Gasteiger partial charge on any atom is 0.282 e. The highest BCUT2D eigenvalue weighted by molar-refractivity contribution is 7.11. The molecule has 1 aromatic heterocycles. The van der Waals surface area contributed by atoms with Gasteiger partial charge < -0.3 is 9.64 Å². The van der Waals surface area contributed by atoms with Crippen LogP contribution in [0.4, 0.5) is 5.69 Å². The average molecular weight is 368 g/mol. The number of rotatable bonds is 4. The summed E-state index contributed by atoms with van der Waals surface area (Å²) in [5, 5.41) is 1.93. The van der Waals surface area contributed by atoms with E-state index in [2.05, 4.69) is 4.90 Å². The van der Waals surface area contributed by atoms with Crippen molar-refractivity contribution in [1.82, 2.24) is 4.90 Å². The zero-order valence-corrected chi connectivity index (χ0v) is 15.6. The molecule has 2 aliphatic rings. The van der Waals surface area contributed by atoms with E-state index in [0.717, 1.165) is 36.4 Å². The van der Waals surface area contributed by atoms with Crippen molar-refractivity contribution in [1.29, 1.82) is 0 Å². The first-order chi connectivity index (χ1) is 12.6. The summed E-state index contributed by atoms with van der Waals surface area (Å²) in [6.45, 7) is 3.55. The van der Waals surface area contributed by atoms with Crippen molar-refractivity contribution in [3.63, 3.8) is 0 Å². The van der Waals surface area contributed by atoms with Crippen LogP contribution in [-0.4, -0.2) is 36.9 Å². The summed E-state index contributed by atoms with van der Waals surface area (Å²) in [7, 11) is 1.55. The highest BCUT2D eigenvalue weighted by Crippen LogP contribution is 2.40. The molecule has 0 aliphatic carbocycles. The van der Waals surface area contributed by atoms with Gasteiger partial charge in [-0.2, -0.15) is 0 Å². The lowest BCUT2D eigenvalue weighted by Gasteiger charge is -2.21. The molecule has 0 saturated carbocycles. The number of imide groups is 1. The number of benzene rings is 1. The summed E-state index contributed by atoms with van der Waals surface area (Å²) in [5.41, 5.74) is 2.51. The largest absolute Gasteiger partial charge is 0.495 e. The monoisotopic (exact) mass is 368 g/mol. The first-order valence-electron chi connectivity index (χ1n) is 8.68. The Kier molecular flexibility index (Phi) is 4.28. The van der Waals surface area contributed by atoms with Crippen LogP contribution < -0.4 is 9.64 Å². The van der Waals surface area contributed by atoms with Crippen LogP contribution in [0.2, 0.25) is 0 Å². The Hall–Kier alpha value is -2.60. The van der Waals surface area contributed by atoms with E-state index in [0.29, 0.717) is 22.7 Å². The second-order valence-corrected chi connectivity index (χ2v) is 7.46. The lowest BCUT2D eigenvalue weighted by molar-refractivity contribution is -0.120. The fourth-order valence-electron chi connectivity index (χ4n) is 3.59. The highest BCUT2D eigenvalue weighted by atomic mass is 32.1. The minimum Gasteiger partial charge on any atom is -0.495 e. The Labute approximate surface area is 156 Å². The predicted molar refractivity (Wildman–Crippen MR) is 102 cm³/mol. The molecule has 0 bridgehead atoms. The molecule has 134 valence electrons. The van der Waals surface area contributed by atoms with Gasteiger partial charge in [0.05, 0.1) is 18.4 Å². The zero-order chi connectivity index (χ0) is 18.3. The molecule has 1 fully saturated rings. The molecule has 6 heteroatoms. The number of methoxy groups -OCH3 is 1. The maximum atomic E-state index is 13.3. The van der Waals surface area contributed by atoms with Gasteiger partial charge in [0.15, 0.2) is 0 Å². The highest BCUT2D eigenvalue weighted by Gasteiger charge is 2.44. The van der Waals surface area contributed by atoms with Crippen LogP contribution in [0, 0.1) is 6.92 Å². The minimum absolute atomic E-state index is 0.260. The molecule has 1 saturated heterocycles. The van der Waals surface area contributed by atoms with E-state index in [-0.39, 0.29) is 11.8 Å². The molecule has 2 aromatic rings. The standard InChI is InChI=1S/C20H20N2O3S/c1-13-7-8-15(25-2)14(12-13)22-19(23)17(16-6-5-11-26-16)18(20(22)24)21-9-3-4-10-21/h5-8,11-12H,3-4,9-10H2,1-2H3. The Morgan fingerprint density at radius 3 is 2.50 bits per heavy atom. The van der Waals surface area contributed by atoms with E-state index in [1.807, 2.05) is 36.6 Å². The summed E-state index contributed by atoms with van der Waals surface area (Å²) < 4.78 is 5.42. The van der Waals surface area contributed by atoms with Gasteiger partial charge in [0, 0.05) is 18.0 Å². The number of amides is 2. The van der Waals surface area contributed by atoms with Gasteiger partial charge in [-0.25, -0.2) is 4.90 Å². The fourth-order valence-corrected chi connectivity index (χ4v) is 4.35. The number of anilines is 1. The lowest BCUT2D eigenvalue weighted by Crippen LogP contribution is -2.34. The molecular weight excluding hydrogens is 348 g/mol. The zero-order valence-electron chi connectivity index (χ0n) is 14.8. The van der Waals surface area contributed by atoms with Crippen LogP contribution in [-0.2, 0) is 9.59 Å². The third-order valence-corrected chi connectivity index (χ3v) is 5.71. The first kappa shape index (κ1) is 16.8. The van der Waals surface area contributed by atoms with E-state index >= 15 is 0 Å². The third-order valence-electron chi connectivity index (χ3n) is 4.82. The van der Waals surface area contributed by atoms with Gasteiger partial charge in [-0.05, 0) is 48.9 Å². The second-order valence-electron chi connectivity index (χ2n) is 6.52. The van der Waals surface area contributed by atoms with Gasteiger partial charge in [0.2, 0.25) is 0 Å². The van der Waals surface area contributed by atoms with Crippen molar-refractivity contribution < 1.29 is 14.3 Å². The van der Waals surface area contributed by atoms with Crippen molar-refractivity contribution in [2.24, 2.45) is 0 Å². The number of thiophene rings is 1. The van der Waals surface area contributed by atoms with Crippen molar-refractivity contribution in [2.45, 2.75) is 19.8 Å². The van der Waals surface area contributed by atoms with Crippen molar-refractivity contribution in [3.05, 3.63) is 51.8 Å². The molecule has 3 heterocycles. The summed E-state index contributed by atoms with van der Waals surface area (Å²) in [5.74, 6) is -0.0158. The summed E-state index contributed by atoms with van der Waals surface area (Å²) in [6.07, 6.45) is 2.08. The molecule has 0 N–H and O–H groups in total. The Balaban J connectivity index is 1.85. The van der Waals surface area contributed by atoms with Crippen molar-refractivity contribution >= 4 is 34.4 Å². The van der Waals surface area contributed by atoms with Crippen molar-refractivity contribution in [3.8, 4) is 5.75 Å². The number of carbonyl (C=O) groups excluding carboxylic acids is 2. The average Bonchev–Trinajstić information content (AvgIpc) is 3.36. The third kappa shape index (κ3) is 2.61. The van der Waals surface area contributed by atoms with Gasteiger partial charge in [-0.1, -0.05) is 12.1 Å². The van der Waals surface area contributed by atoms with Crippen LogP contribution in [0.25, 0.3) is 5.57 Å². The van der Waals surface area contributed by atoms with E-state index in [4.69, 9.17) is 4.74 Å². The Morgan fingerprint density at radius 2 is 1.85 bits per heavy atom. The van der Waals surface area contributed by atoms with Crippen LogP contribution >= 0.6 is 11.3 Å². The van der Waals surface area contributed by atoms with Gasteiger partial charge in [-0.3, -0.25) is 9.59 Å². The molecule has 2 amide bonds. The molecule has 0 radical (unpaired) electrons. The Morgan fingerprint density at radius 1 is 1.08 bits per heavy atom. The fraction of sp³-hybridized carbons (Fsp3) is 0.300. The first-order valence-corrected chi connectivity index (χ1v) is 9.56. The van der Waals surface area contributed by atoms with Crippen LogP contribution in [0.3, 0.4) is 0 Å². The van der Waals surface area contributed by atoms with Gasteiger partial charge >= 0.3 is 0 Å². The summed E-state index contributed by atoms with van der Waals surface area (Å²) in [6, 6.07) is 9.33. The van der Waals surface area contributed by atoms with E-state index in [1.54, 1.807) is 13.2 Å². The number of aryl methyl sites for hydroxylation is 1. The number of likely N-dealkylation sites (tertiary alicyclic amines) is 1. The molecule has 0 unspecified atom stereocenters. The number of nitrogens with zero attached hydrogens (tertiary/aromatic N) is 2. The normalized spacial score (nSPS) is 17.6. The number of hydrogen-bond acceptors (Lipinski definition) is 5. The predicted octanol–water partition coefficient (Wildman–Crippen LogP) is 3.45. The Bertz CT molecular complexity index is 896. The lowest BCUT2D eigenvalue weighted by atomic mass is 10.1. The summed E-state index contributed by atoms with van der Waals surface area (Å²) in [4.78, 5) is 30.8. The SMILES string of the molecule is COc1ccc(C)cc1N1C(=O)C(c2cccs2)=C(N2CCCC2)C1=O. The topological polar surface area (TPSA) is 49.9 Å². The van der Waals surface area contributed by atoms with Crippen LogP contribution in [0.15, 0.2) is 41.4 Å². The number of hydrogen-bond donors (Lipinski definition) is 0. The smallest absolute Gasteiger partial charge is 0.282 e. The van der Waals surface area contributed by atoms with Crippen LogP contribution in [0.1, 0.15) is 23.3 Å². The van der Waals surface area contributed by atoms with E-state index < -0.39 is 0 Å². The molecule has 1 aromatic carbocycles. The molecular formula is C20H20N2O3S. The number of ether oxygens (including phenoxy) is 1. The molecule has 5 nitrogen and oxygen atoms in total. The molecule has 0 spiro atoms. The second kappa shape index (κ2) is 6.61. The molecule has 4 rings (SSSR count). The van der Waals surface area contributed by atoms with Gasteiger partial charge in [-0.15, -0.1) is 11.3 Å². The molecule has 2 aliphatic heterocycles. The van der Waals surface area contributed by atoms with Gasteiger partial charge in [0.25, 0.3) is 11.8 Å². The maximum absolute atomic E-state index is 13.3. The number of carbonyl (C=O) groups is 2. The summed E-state index contributed by atoms with van der Waals surface area (Å²) >= 11 is 1.48. The van der Waals surface area contributed by atoms with Crippen LogP contribution in [0.5, 0.6) is 5.75 Å². The minimum atomic E-state index is -0.275. The van der Waals surface area contributed by atoms with Gasteiger partial charge in [0.1, 0.15) is 11.4 Å². The molecule has 0 atom stereocenters. The van der Waals surface area contributed by atoms with E-state index in [9.17, 15) is 9.59 Å². The van der Waals surface area contributed by atoms with Crippen molar-refractivity contribution in [2.75, 3.05) is 25.1 Å². The quantitative estimate of drug-likeness (QED) is 0.776. The molecule has 26 heavy (non-hydrogen) atoms. The van der Waals surface area contributed by atoms with E-state index in [1.165, 1.54) is 16.2 Å².